The lowest BCUT2D eigenvalue weighted by Gasteiger charge is -2.29. The minimum absolute atomic E-state index is 0.0227. The normalized spacial score (nSPS) is 13.6. The van der Waals surface area contributed by atoms with Crippen molar-refractivity contribution in [1.29, 1.82) is 0 Å². The number of rotatable bonds is 6. The van der Waals surface area contributed by atoms with Crippen LogP contribution in [0.25, 0.3) is 0 Å². The van der Waals surface area contributed by atoms with Crippen LogP contribution in [0.5, 0.6) is 5.75 Å². The highest BCUT2D eigenvalue weighted by Crippen LogP contribution is 2.33. The van der Waals surface area contributed by atoms with Gasteiger partial charge in [-0.1, -0.05) is 0 Å². The van der Waals surface area contributed by atoms with E-state index in [1.54, 1.807) is 30.2 Å². The Balaban J connectivity index is 2.19. The van der Waals surface area contributed by atoms with Crippen molar-refractivity contribution in [3.63, 3.8) is 0 Å². The maximum Gasteiger partial charge on any atom is 0.337 e. The van der Waals surface area contributed by atoms with E-state index in [4.69, 9.17) is 14.2 Å². The Kier molecular flexibility index (Phi) is 5.16. The lowest BCUT2D eigenvalue weighted by Crippen LogP contribution is -2.39. The molecule has 1 aromatic carbocycles. The smallest absolute Gasteiger partial charge is 0.337 e. The summed E-state index contributed by atoms with van der Waals surface area (Å²) in [6.45, 7) is 1.26. The lowest BCUT2D eigenvalue weighted by molar-refractivity contribution is -0.121. The number of carbonyl (C=O) groups excluding carboxylic acids is 2. The van der Waals surface area contributed by atoms with Gasteiger partial charge in [0.2, 0.25) is 0 Å². The van der Waals surface area contributed by atoms with Gasteiger partial charge in [-0.3, -0.25) is 4.79 Å². The summed E-state index contributed by atoms with van der Waals surface area (Å²) in [5.74, 6) is 0.0612. The number of nitrogens with zero attached hydrogens (tertiary/aromatic N) is 1. The largest absolute Gasteiger partial charge is 0.482 e. The standard InChI is InChI=1S/C15H19NO5/c1-19-8-4-3-7-16-12-9-11(15(18)20-2)5-6-13(12)21-10-14(16)17/h5-6,9H,3-4,7-8,10H2,1-2H3. The minimum atomic E-state index is -0.435. The van der Waals surface area contributed by atoms with Gasteiger partial charge in [-0.2, -0.15) is 0 Å². The average molecular weight is 293 g/mol. The van der Waals surface area contributed by atoms with E-state index in [1.807, 2.05) is 0 Å². The summed E-state index contributed by atoms with van der Waals surface area (Å²) in [5, 5.41) is 0. The number of benzene rings is 1. The maximum atomic E-state index is 12.0. The van der Waals surface area contributed by atoms with Crippen molar-refractivity contribution in [2.24, 2.45) is 0 Å². The molecular weight excluding hydrogens is 274 g/mol. The first-order chi connectivity index (χ1) is 10.2. The van der Waals surface area contributed by atoms with Gasteiger partial charge in [0, 0.05) is 20.3 Å². The fraction of sp³-hybridized carbons (Fsp3) is 0.467. The first-order valence-corrected chi connectivity index (χ1v) is 6.82. The van der Waals surface area contributed by atoms with Crippen LogP contribution in [0.3, 0.4) is 0 Å². The maximum absolute atomic E-state index is 12.0. The van der Waals surface area contributed by atoms with Crippen LogP contribution in [0.2, 0.25) is 0 Å². The summed E-state index contributed by atoms with van der Waals surface area (Å²) in [6.07, 6.45) is 1.69. The van der Waals surface area contributed by atoms with Crippen molar-refractivity contribution < 1.29 is 23.8 Å². The minimum Gasteiger partial charge on any atom is -0.482 e. The quantitative estimate of drug-likeness (QED) is 0.589. The Morgan fingerprint density at radius 3 is 2.86 bits per heavy atom. The number of hydrogen-bond acceptors (Lipinski definition) is 5. The number of ether oxygens (including phenoxy) is 3. The molecule has 0 aliphatic carbocycles. The van der Waals surface area contributed by atoms with Crippen molar-refractivity contribution in [1.82, 2.24) is 0 Å². The lowest BCUT2D eigenvalue weighted by atomic mass is 10.1. The van der Waals surface area contributed by atoms with Crippen molar-refractivity contribution in [2.45, 2.75) is 12.8 Å². The first kappa shape index (κ1) is 15.3. The van der Waals surface area contributed by atoms with E-state index in [1.165, 1.54) is 7.11 Å². The summed E-state index contributed by atoms with van der Waals surface area (Å²) < 4.78 is 15.1. The predicted molar refractivity (Wildman–Crippen MR) is 76.7 cm³/mol. The van der Waals surface area contributed by atoms with Crippen LogP contribution < -0.4 is 9.64 Å². The number of carbonyl (C=O) groups is 2. The molecule has 0 atom stereocenters. The zero-order valence-corrected chi connectivity index (χ0v) is 12.3. The third kappa shape index (κ3) is 3.52. The van der Waals surface area contributed by atoms with Crippen LogP contribution >= 0.6 is 0 Å². The molecule has 1 heterocycles. The van der Waals surface area contributed by atoms with Crippen LogP contribution in [-0.4, -0.2) is 45.9 Å². The van der Waals surface area contributed by atoms with Gasteiger partial charge in [-0.05, 0) is 31.0 Å². The predicted octanol–water partition coefficient (Wildman–Crippen LogP) is 1.63. The molecule has 1 aliphatic rings. The molecule has 0 radical (unpaired) electrons. The van der Waals surface area contributed by atoms with Gasteiger partial charge in [0.15, 0.2) is 6.61 Å². The molecule has 1 amide bonds. The molecular formula is C15H19NO5. The third-order valence-corrected chi connectivity index (χ3v) is 3.30. The Morgan fingerprint density at radius 2 is 2.14 bits per heavy atom. The molecule has 0 saturated heterocycles. The molecule has 21 heavy (non-hydrogen) atoms. The molecule has 2 rings (SSSR count). The highest BCUT2D eigenvalue weighted by molar-refractivity contribution is 6.00. The van der Waals surface area contributed by atoms with Crippen molar-refractivity contribution in [3.05, 3.63) is 23.8 Å². The molecule has 0 spiro atoms. The zero-order chi connectivity index (χ0) is 15.2. The van der Waals surface area contributed by atoms with E-state index >= 15 is 0 Å². The Bertz CT molecular complexity index is 529. The van der Waals surface area contributed by atoms with Gasteiger partial charge >= 0.3 is 5.97 Å². The number of methoxy groups -OCH3 is 2. The molecule has 0 bridgehead atoms. The number of amides is 1. The van der Waals surface area contributed by atoms with Crippen LogP contribution in [-0.2, 0) is 14.3 Å². The van der Waals surface area contributed by atoms with Gasteiger partial charge in [0.1, 0.15) is 5.75 Å². The Labute approximate surface area is 123 Å². The molecule has 6 nitrogen and oxygen atoms in total. The summed E-state index contributed by atoms with van der Waals surface area (Å²) in [7, 11) is 2.98. The Morgan fingerprint density at radius 1 is 1.33 bits per heavy atom. The van der Waals surface area contributed by atoms with E-state index in [0.29, 0.717) is 30.2 Å². The fourth-order valence-corrected chi connectivity index (χ4v) is 2.21. The Hall–Kier alpha value is -2.08. The van der Waals surface area contributed by atoms with Gasteiger partial charge < -0.3 is 19.1 Å². The highest BCUT2D eigenvalue weighted by Gasteiger charge is 2.26. The van der Waals surface area contributed by atoms with Gasteiger partial charge in [-0.15, -0.1) is 0 Å². The van der Waals surface area contributed by atoms with Gasteiger partial charge in [-0.25, -0.2) is 4.79 Å². The molecule has 114 valence electrons. The fourth-order valence-electron chi connectivity index (χ4n) is 2.21. The summed E-state index contributed by atoms with van der Waals surface area (Å²) in [5.41, 5.74) is 1.02. The second-order valence-electron chi connectivity index (χ2n) is 4.71. The summed E-state index contributed by atoms with van der Waals surface area (Å²) in [4.78, 5) is 25.3. The number of esters is 1. The van der Waals surface area contributed by atoms with Crippen LogP contribution in [0.15, 0.2) is 18.2 Å². The van der Waals surface area contributed by atoms with E-state index in [-0.39, 0.29) is 12.5 Å². The molecule has 0 aromatic heterocycles. The van der Waals surface area contributed by atoms with Crippen molar-refractivity contribution in [2.75, 3.05) is 38.9 Å². The van der Waals surface area contributed by atoms with E-state index in [0.717, 1.165) is 12.8 Å². The van der Waals surface area contributed by atoms with Crippen molar-refractivity contribution >= 4 is 17.6 Å². The molecule has 0 N–H and O–H groups in total. The first-order valence-electron chi connectivity index (χ1n) is 6.82. The van der Waals surface area contributed by atoms with E-state index < -0.39 is 5.97 Å². The molecule has 0 unspecified atom stereocenters. The van der Waals surface area contributed by atoms with Gasteiger partial charge in [0.25, 0.3) is 5.91 Å². The average Bonchev–Trinajstić information content (AvgIpc) is 2.52. The number of anilines is 1. The third-order valence-electron chi connectivity index (χ3n) is 3.30. The van der Waals surface area contributed by atoms with Crippen LogP contribution in [0.1, 0.15) is 23.2 Å². The monoisotopic (exact) mass is 293 g/mol. The second kappa shape index (κ2) is 7.08. The van der Waals surface area contributed by atoms with Gasteiger partial charge in [0.05, 0.1) is 18.4 Å². The highest BCUT2D eigenvalue weighted by atomic mass is 16.5. The number of hydrogen-bond donors (Lipinski definition) is 0. The van der Waals surface area contributed by atoms with Crippen molar-refractivity contribution in [3.8, 4) is 5.75 Å². The molecule has 1 aromatic rings. The second-order valence-corrected chi connectivity index (χ2v) is 4.71. The van der Waals surface area contributed by atoms with E-state index in [9.17, 15) is 9.59 Å². The summed E-state index contributed by atoms with van der Waals surface area (Å²) in [6, 6.07) is 4.95. The summed E-state index contributed by atoms with van der Waals surface area (Å²) >= 11 is 0. The zero-order valence-electron chi connectivity index (χ0n) is 12.3. The molecule has 0 saturated carbocycles. The van der Waals surface area contributed by atoms with Crippen LogP contribution in [0, 0.1) is 0 Å². The number of unbranched alkanes of at least 4 members (excludes halogenated alkanes) is 1. The topological polar surface area (TPSA) is 65.1 Å². The number of fused-ring (bicyclic) bond motifs is 1. The molecule has 0 fully saturated rings. The van der Waals surface area contributed by atoms with Crippen LogP contribution in [0.4, 0.5) is 5.69 Å². The molecule has 1 aliphatic heterocycles. The molecule has 6 heteroatoms. The SMILES string of the molecule is COCCCCN1C(=O)COc2ccc(C(=O)OC)cc21. The van der Waals surface area contributed by atoms with E-state index in [2.05, 4.69) is 0 Å².